The third-order valence-corrected chi connectivity index (χ3v) is 7.07. The van der Waals surface area contributed by atoms with Gasteiger partial charge in [-0.25, -0.2) is 0 Å². The molecule has 0 saturated carbocycles. The van der Waals surface area contributed by atoms with Gasteiger partial charge in [-0.05, 0) is 30.3 Å². The fraction of sp³-hybridized carbons (Fsp3) is 0. The average molecular weight is 401 g/mol. The molecule has 6 rings (SSSR count). The predicted octanol–water partition coefficient (Wildman–Crippen LogP) is 7.52. The van der Waals surface area contributed by atoms with Gasteiger partial charge in [-0.15, -0.1) is 22.7 Å². The van der Waals surface area contributed by atoms with Crippen molar-refractivity contribution in [1.82, 2.24) is 0 Å². The van der Waals surface area contributed by atoms with Gasteiger partial charge in [0.15, 0.2) is 11.5 Å². The summed E-state index contributed by atoms with van der Waals surface area (Å²) in [4.78, 5) is 0. The maximum atomic E-state index is 9.80. The molecule has 136 valence electrons. The Labute approximate surface area is 169 Å². The molecule has 0 fully saturated rings. The third kappa shape index (κ3) is 2.78. The molecule has 0 unspecified atom stereocenters. The molecule has 0 aliphatic rings. The highest BCUT2D eigenvalue weighted by Crippen LogP contribution is 2.42. The summed E-state index contributed by atoms with van der Waals surface area (Å²) in [5, 5.41) is 23.7. The summed E-state index contributed by atoms with van der Waals surface area (Å²) in [7, 11) is 0. The third-order valence-electron chi connectivity index (χ3n) is 4.78. The zero-order valence-electron chi connectivity index (χ0n) is 14.8. The van der Waals surface area contributed by atoms with Crippen LogP contribution in [-0.2, 0) is 0 Å². The average Bonchev–Trinajstić information content (AvgIpc) is 3.30. The van der Waals surface area contributed by atoms with Crippen molar-refractivity contribution in [3.05, 3.63) is 84.9 Å². The number of hydrogen-bond donors (Lipinski definition) is 2. The molecule has 2 aromatic heterocycles. The van der Waals surface area contributed by atoms with Crippen molar-refractivity contribution in [3.63, 3.8) is 0 Å². The molecule has 4 heteroatoms. The van der Waals surface area contributed by atoms with E-state index in [0.717, 1.165) is 20.2 Å². The SMILES string of the molecule is Oc1ccc2sc3ccccc3c2c1O.c1ccc2c(c1)sc1ccccc12. The van der Waals surface area contributed by atoms with Crippen molar-refractivity contribution in [3.8, 4) is 11.5 Å². The minimum absolute atomic E-state index is 0.0232. The summed E-state index contributed by atoms with van der Waals surface area (Å²) in [5.41, 5.74) is 0. The fourth-order valence-corrected chi connectivity index (χ4v) is 5.68. The zero-order chi connectivity index (χ0) is 19.1. The van der Waals surface area contributed by atoms with E-state index in [-0.39, 0.29) is 11.5 Å². The molecule has 0 aliphatic heterocycles. The predicted molar refractivity (Wildman–Crippen MR) is 122 cm³/mol. The van der Waals surface area contributed by atoms with E-state index < -0.39 is 0 Å². The van der Waals surface area contributed by atoms with Gasteiger partial charge in [0, 0.05) is 40.3 Å². The number of aromatic hydroxyl groups is 2. The molecule has 0 aliphatic carbocycles. The molecule has 0 atom stereocenters. The Morgan fingerprint density at radius 2 is 0.929 bits per heavy atom. The van der Waals surface area contributed by atoms with E-state index in [0.29, 0.717) is 0 Å². The maximum Gasteiger partial charge on any atom is 0.166 e. The first-order chi connectivity index (χ1) is 13.7. The number of phenols is 2. The fourth-order valence-electron chi connectivity index (χ4n) is 3.46. The van der Waals surface area contributed by atoms with Crippen LogP contribution in [0.25, 0.3) is 40.3 Å². The van der Waals surface area contributed by atoms with Crippen LogP contribution in [-0.4, -0.2) is 10.2 Å². The van der Waals surface area contributed by atoms with E-state index in [1.54, 1.807) is 11.3 Å². The first kappa shape index (κ1) is 17.0. The Balaban J connectivity index is 0.000000123. The van der Waals surface area contributed by atoms with Crippen LogP contribution in [0, 0.1) is 0 Å². The van der Waals surface area contributed by atoms with Gasteiger partial charge in [-0.2, -0.15) is 0 Å². The molecule has 0 saturated heterocycles. The van der Waals surface area contributed by atoms with Crippen LogP contribution in [0.3, 0.4) is 0 Å². The van der Waals surface area contributed by atoms with E-state index >= 15 is 0 Å². The number of thiophene rings is 2. The second kappa shape index (κ2) is 6.82. The standard InChI is InChI=1S/C12H8O2S.C12H8S/c13-8-5-6-10-11(12(8)14)7-3-1-2-4-9(7)15-10;1-3-7-11-9(5-1)10-6-2-4-8-12(10)13-11/h1-6,13-14H;1-8H. The van der Waals surface area contributed by atoms with Crippen LogP contribution < -0.4 is 0 Å². The van der Waals surface area contributed by atoms with Gasteiger partial charge in [0.05, 0.1) is 0 Å². The molecular weight excluding hydrogens is 384 g/mol. The summed E-state index contributed by atoms with van der Waals surface area (Å²) >= 11 is 3.48. The lowest BCUT2D eigenvalue weighted by Gasteiger charge is -1.98. The van der Waals surface area contributed by atoms with Gasteiger partial charge in [0.25, 0.3) is 0 Å². The Kier molecular flexibility index (Phi) is 4.15. The number of benzene rings is 4. The first-order valence-corrected chi connectivity index (χ1v) is 10.5. The Morgan fingerprint density at radius 3 is 1.54 bits per heavy atom. The molecule has 6 aromatic rings. The topological polar surface area (TPSA) is 40.5 Å². The number of fused-ring (bicyclic) bond motifs is 6. The van der Waals surface area contributed by atoms with Gasteiger partial charge in [-0.1, -0.05) is 54.6 Å². The van der Waals surface area contributed by atoms with Gasteiger partial charge < -0.3 is 10.2 Å². The number of phenolic OH excluding ortho intramolecular Hbond substituents is 2. The molecule has 2 nitrogen and oxygen atoms in total. The van der Waals surface area contributed by atoms with E-state index in [9.17, 15) is 10.2 Å². The van der Waals surface area contributed by atoms with Crippen molar-refractivity contribution in [2.75, 3.05) is 0 Å². The van der Waals surface area contributed by atoms with Crippen molar-refractivity contribution in [1.29, 1.82) is 0 Å². The largest absolute Gasteiger partial charge is 0.504 e. The second-order valence-corrected chi connectivity index (χ2v) is 8.67. The van der Waals surface area contributed by atoms with E-state index in [1.165, 1.54) is 26.2 Å². The quantitative estimate of drug-likeness (QED) is 0.259. The molecule has 0 spiro atoms. The highest BCUT2D eigenvalue weighted by atomic mass is 32.1. The first-order valence-electron chi connectivity index (χ1n) is 8.91. The van der Waals surface area contributed by atoms with Crippen molar-refractivity contribution in [2.24, 2.45) is 0 Å². The van der Waals surface area contributed by atoms with Crippen LogP contribution in [0.4, 0.5) is 0 Å². The molecule has 2 N–H and O–H groups in total. The van der Waals surface area contributed by atoms with E-state index in [2.05, 4.69) is 48.5 Å². The lowest BCUT2D eigenvalue weighted by Crippen LogP contribution is -1.70. The van der Waals surface area contributed by atoms with Crippen molar-refractivity contribution < 1.29 is 10.2 Å². The van der Waals surface area contributed by atoms with Crippen LogP contribution in [0.2, 0.25) is 0 Å². The van der Waals surface area contributed by atoms with Crippen LogP contribution >= 0.6 is 22.7 Å². The lowest BCUT2D eigenvalue weighted by atomic mass is 10.1. The monoisotopic (exact) mass is 400 g/mol. The van der Waals surface area contributed by atoms with Gasteiger partial charge >= 0.3 is 0 Å². The smallest absolute Gasteiger partial charge is 0.166 e. The Hall–Kier alpha value is -3.08. The molecule has 0 amide bonds. The van der Waals surface area contributed by atoms with Crippen LogP contribution in [0.5, 0.6) is 11.5 Å². The van der Waals surface area contributed by atoms with Crippen LogP contribution in [0.1, 0.15) is 0 Å². The normalized spacial score (nSPS) is 11.1. The highest BCUT2D eigenvalue weighted by Gasteiger charge is 2.11. The molecular formula is C24H16O2S2. The van der Waals surface area contributed by atoms with Gasteiger partial charge in [-0.3, -0.25) is 0 Å². The zero-order valence-corrected chi connectivity index (χ0v) is 16.4. The number of hydrogen-bond acceptors (Lipinski definition) is 4. The molecule has 2 heterocycles. The van der Waals surface area contributed by atoms with Gasteiger partial charge in [0.2, 0.25) is 0 Å². The minimum atomic E-state index is -0.0638. The summed E-state index contributed by atoms with van der Waals surface area (Å²) in [6.45, 7) is 0. The summed E-state index contributed by atoms with van der Waals surface area (Å²) < 4.78 is 4.87. The lowest BCUT2D eigenvalue weighted by molar-refractivity contribution is 0.408. The van der Waals surface area contributed by atoms with Crippen molar-refractivity contribution >= 4 is 63.0 Å². The molecule has 4 aromatic carbocycles. The Bertz CT molecular complexity index is 1390. The van der Waals surface area contributed by atoms with E-state index in [4.69, 9.17) is 0 Å². The summed E-state index contributed by atoms with van der Waals surface area (Å²) in [6.07, 6.45) is 0. The molecule has 0 radical (unpaired) electrons. The maximum absolute atomic E-state index is 9.80. The number of rotatable bonds is 0. The Morgan fingerprint density at radius 1 is 0.464 bits per heavy atom. The van der Waals surface area contributed by atoms with E-state index in [1.807, 2.05) is 41.7 Å². The summed E-state index contributed by atoms with van der Waals surface area (Å²) in [6, 6.07) is 28.3. The molecule has 28 heavy (non-hydrogen) atoms. The van der Waals surface area contributed by atoms with Crippen LogP contribution in [0.15, 0.2) is 84.9 Å². The minimum Gasteiger partial charge on any atom is -0.504 e. The molecule has 0 bridgehead atoms. The van der Waals surface area contributed by atoms with Gasteiger partial charge in [0.1, 0.15) is 0 Å². The second-order valence-electron chi connectivity index (χ2n) is 6.50. The highest BCUT2D eigenvalue weighted by molar-refractivity contribution is 7.26. The summed E-state index contributed by atoms with van der Waals surface area (Å²) in [5.74, 6) is -0.0870. The van der Waals surface area contributed by atoms with Crippen molar-refractivity contribution in [2.45, 2.75) is 0 Å².